The molecule has 0 aliphatic rings. The fraction of sp³-hybridized carbons (Fsp3) is 0.500. The summed E-state index contributed by atoms with van der Waals surface area (Å²) in [5, 5.41) is 9.92. The van der Waals surface area contributed by atoms with Crippen molar-refractivity contribution in [3.63, 3.8) is 0 Å². The third kappa shape index (κ3) is 2.24. The van der Waals surface area contributed by atoms with Crippen molar-refractivity contribution >= 4 is 0 Å². The van der Waals surface area contributed by atoms with Gasteiger partial charge in [-0.2, -0.15) is 13.2 Å². The summed E-state index contributed by atoms with van der Waals surface area (Å²) < 4.78 is 43.9. The zero-order valence-corrected chi connectivity index (χ0v) is 9.93. The van der Waals surface area contributed by atoms with E-state index in [-0.39, 0.29) is 11.3 Å². The van der Waals surface area contributed by atoms with Crippen LogP contribution in [0.5, 0.6) is 5.75 Å². The lowest BCUT2D eigenvalue weighted by Gasteiger charge is -2.32. The lowest BCUT2D eigenvalue weighted by molar-refractivity contribution is -0.268. The molecular formula is C12H15F3O2. The molecule has 0 aliphatic carbocycles. The van der Waals surface area contributed by atoms with Gasteiger partial charge in [-0.15, -0.1) is 0 Å². The first-order valence-electron chi connectivity index (χ1n) is 5.21. The molecule has 0 spiro atoms. The number of aryl methyl sites for hydroxylation is 1. The Balaban J connectivity index is 3.50. The van der Waals surface area contributed by atoms with E-state index < -0.39 is 18.2 Å². The summed E-state index contributed by atoms with van der Waals surface area (Å²) in [4.78, 5) is 0. The quantitative estimate of drug-likeness (QED) is 0.890. The molecule has 96 valence electrons. The van der Waals surface area contributed by atoms with Gasteiger partial charge < -0.3 is 9.84 Å². The highest BCUT2D eigenvalue weighted by molar-refractivity contribution is 5.44. The summed E-state index contributed by atoms with van der Waals surface area (Å²) >= 11 is 0. The fourth-order valence-corrected chi connectivity index (χ4v) is 1.86. The van der Waals surface area contributed by atoms with Crippen molar-refractivity contribution in [2.75, 3.05) is 7.11 Å². The minimum atomic E-state index is -4.73. The van der Waals surface area contributed by atoms with Crippen LogP contribution >= 0.6 is 0 Å². The van der Waals surface area contributed by atoms with Crippen LogP contribution in [-0.4, -0.2) is 18.4 Å². The summed E-state index contributed by atoms with van der Waals surface area (Å²) in [6, 6.07) is 4.52. The molecule has 1 aromatic rings. The molecule has 1 rings (SSSR count). The average Bonchev–Trinajstić information content (AvgIpc) is 2.26. The van der Waals surface area contributed by atoms with Crippen molar-refractivity contribution in [3.05, 3.63) is 29.3 Å². The summed E-state index contributed by atoms with van der Waals surface area (Å²) in [6.45, 7) is 2.81. The van der Waals surface area contributed by atoms with Gasteiger partial charge in [0, 0.05) is 5.56 Å². The largest absolute Gasteiger partial charge is 0.496 e. The number of ether oxygens (including phenoxy) is 1. The summed E-state index contributed by atoms with van der Waals surface area (Å²) in [6.07, 6.45) is -5.20. The summed E-state index contributed by atoms with van der Waals surface area (Å²) in [5.74, 6) is 0.0478. The predicted molar refractivity (Wildman–Crippen MR) is 58.0 cm³/mol. The second kappa shape index (κ2) is 4.56. The van der Waals surface area contributed by atoms with E-state index in [2.05, 4.69) is 0 Å². The molecule has 17 heavy (non-hydrogen) atoms. The lowest BCUT2D eigenvalue weighted by atomic mass is 9.86. The zero-order chi connectivity index (χ0) is 13.3. The molecule has 0 aliphatic heterocycles. The molecule has 0 amide bonds. The van der Waals surface area contributed by atoms with Crippen LogP contribution in [0.2, 0.25) is 0 Å². The van der Waals surface area contributed by atoms with Crippen molar-refractivity contribution in [1.29, 1.82) is 0 Å². The summed E-state index contributed by atoms with van der Waals surface area (Å²) in [7, 11) is 1.28. The molecule has 0 fully saturated rings. The Bertz CT molecular complexity index is 401. The average molecular weight is 248 g/mol. The van der Waals surface area contributed by atoms with Gasteiger partial charge in [0.15, 0.2) is 5.60 Å². The number of hydrogen-bond acceptors (Lipinski definition) is 2. The predicted octanol–water partition coefficient (Wildman–Crippen LogP) is 3.16. The first-order valence-corrected chi connectivity index (χ1v) is 5.21. The Kier molecular flexibility index (Phi) is 3.71. The SMILES string of the molecule is CCC(O)(c1c(C)cccc1OC)C(F)(F)F. The van der Waals surface area contributed by atoms with Crippen LogP contribution in [0.15, 0.2) is 18.2 Å². The van der Waals surface area contributed by atoms with E-state index >= 15 is 0 Å². The van der Waals surface area contributed by atoms with Crippen molar-refractivity contribution in [3.8, 4) is 5.75 Å². The van der Waals surface area contributed by atoms with Crippen molar-refractivity contribution in [1.82, 2.24) is 0 Å². The van der Waals surface area contributed by atoms with Crippen molar-refractivity contribution < 1.29 is 23.0 Å². The van der Waals surface area contributed by atoms with E-state index in [1.165, 1.54) is 33.1 Å². The number of alkyl halides is 3. The minimum absolute atomic E-state index is 0.0478. The Morgan fingerprint density at radius 1 is 1.29 bits per heavy atom. The second-order valence-corrected chi connectivity index (χ2v) is 3.86. The molecule has 0 saturated carbocycles. The third-order valence-electron chi connectivity index (χ3n) is 2.85. The Labute approximate surface area is 98.0 Å². The van der Waals surface area contributed by atoms with Crippen LogP contribution in [0.4, 0.5) is 13.2 Å². The molecule has 1 aromatic carbocycles. The number of methoxy groups -OCH3 is 1. The number of aliphatic hydroxyl groups is 1. The molecule has 1 N–H and O–H groups in total. The lowest BCUT2D eigenvalue weighted by Crippen LogP contribution is -2.42. The topological polar surface area (TPSA) is 29.5 Å². The number of benzene rings is 1. The first kappa shape index (κ1) is 13.8. The third-order valence-corrected chi connectivity index (χ3v) is 2.85. The van der Waals surface area contributed by atoms with E-state index in [4.69, 9.17) is 4.74 Å². The molecule has 0 heterocycles. The van der Waals surface area contributed by atoms with Crippen LogP contribution in [0.3, 0.4) is 0 Å². The van der Waals surface area contributed by atoms with Gasteiger partial charge in [0.05, 0.1) is 7.11 Å². The van der Waals surface area contributed by atoms with Gasteiger partial charge in [0.1, 0.15) is 5.75 Å². The van der Waals surface area contributed by atoms with Crippen molar-refractivity contribution in [2.45, 2.75) is 32.0 Å². The van der Waals surface area contributed by atoms with E-state index in [0.717, 1.165) is 0 Å². The smallest absolute Gasteiger partial charge is 0.421 e. The number of halogens is 3. The molecule has 5 heteroatoms. The fourth-order valence-electron chi connectivity index (χ4n) is 1.86. The normalized spacial score (nSPS) is 15.5. The van der Waals surface area contributed by atoms with E-state index in [1.807, 2.05) is 0 Å². The Morgan fingerprint density at radius 2 is 1.88 bits per heavy atom. The molecule has 2 nitrogen and oxygen atoms in total. The number of hydrogen-bond donors (Lipinski definition) is 1. The highest BCUT2D eigenvalue weighted by Crippen LogP contribution is 2.46. The van der Waals surface area contributed by atoms with Gasteiger partial charge in [-0.1, -0.05) is 19.1 Å². The van der Waals surface area contributed by atoms with Crippen LogP contribution in [0.1, 0.15) is 24.5 Å². The van der Waals surface area contributed by atoms with Gasteiger partial charge in [-0.25, -0.2) is 0 Å². The van der Waals surface area contributed by atoms with E-state index in [0.29, 0.717) is 5.56 Å². The van der Waals surface area contributed by atoms with Crippen LogP contribution < -0.4 is 4.74 Å². The van der Waals surface area contributed by atoms with E-state index in [9.17, 15) is 18.3 Å². The molecule has 0 aromatic heterocycles. The van der Waals surface area contributed by atoms with E-state index in [1.54, 1.807) is 6.07 Å². The van der Waals surface area contributed by atoms with Gasteiger partial charge >= 0.3 is 6.18 Å². The van der Waals surface area contributed by atoms with Crippen LogP contribution in [0, 0.1) is 6.92 Å². The van der Waals surface area contributed by atoms with Crippen molar-refractivity contribution in [2.24, 2.45) is 0 Å². The zero-order valence-electron chi connectivity index (χ0n) is 9.93. The van der Waals surface area contributed by atoms with Crippen LogP contribution in [-0.2, 0) is 5.60 Å². The second-order valence-electron chi connectivity index (χ2n) is 3.86. The Morgan fingerprint density at radius 3 is 2.29 bits per heavy atom. The van der Waals surface area contributed by atoms with Gasteiger partial charge in [0.2, 0.25) is 0 Å². The number of rotatable bonds is 3. The van der Waals surface area contributed by atoms with Gasteiger partial charge in [-0.3, -0.25) is 0 Å². The molecule has 0 radical (unpaired) electrons. The first-order chi connectivity index (χ1) is 7.78. The highest BCUT2D eigenvalue weighted by atomic mass is 19.4. The molecular weight excluding hydrogens is 233 g/mol. The maximum atomic E-state index is 13.0. The van der Waals surface area contributed by atoms with Crippen LogP contribution in [0.25, 0.3) is 0 Å². The molecule has 1 atom stereocenters. The Hall–Kier alpha value is -1.23. The maximum absolute atomic E-state index is 13.0. The minimum Gasteiger partial charge on any atom is -0.496 e. The molecule has 0 bridgehead atoms. The standard InChI is InChI=1S/C12H15F3O2/c1-4-11(16,12(13,14)15)10-8(2)6-5-7-9(10)17-3/h5-7,16H,4H2,1-3H3. The highest BCUT2D eigenvalue weighted by Gasteiger charge is 2.55. The van der Waals surface area contributed by atoms with Gasteiger partial charge in [0.25, 0.3) is 0 Å². The maximum Gasteiger partial charge on any atom is 0.421 e. The monoisotopic (exact) mass is 248 g/mol. The van der Waals surface area contributed by atoms with Gasteiger partial charge in [-0.05, 0) is 25.0 Å². The molecule has 0 saturated heterocycles. The summed E-state index contributed by atoms with van der Waals surface area (Å²) in [5.41, 5.74) is -2.73. The molecule has 1 unspecified atom stereocenters.